The Kier molecular flexibility index (Phi) is 7.32. The molecule has 0 unspecified atom stereocenters. The molecule has 178 valence electrons. The van der Waals surface area contributed by atoms with Crippen molar-refractivity contribution in [2.24, 2.45) is 0 Å². The maximum absolute atomic E-state index is 12.4. The molecule has 0 radical (unpaired) electrons. The van der Waals surface area contributed by atoms with Crippen LogP contribution in [0.5, 0.6) is 17.2 Å². The first-order chi connectivity index (χ1) is 17.0. The highest BCUT2D eigenvalue weighted by Gasteiger charge is 2.14. The fourth-order valence-corrected chi connectivity index (χ4v) is 3.52. The molecular weight excluding hydrogens is 468 g/mol. The molecule has 0 saturated heterocycles. The highest BCUT2D eigenvalue weighted by atomic mass is 35.5. The van der Waals surface area contributed by atoms with Crippen LogP contribution in [0.15, 0.2) is 73.1 Å². The molecular formula is C26H23ClN4O4. The molecule has 0 spiro atoms. The fourth-order valence-electron chi connectivity index (χ4n) is 3.40. The number of hydrogen-bond acceptors (Lipinski definition) is 7. The number of benzene rings is 3. The summed E-state index contributed by atoms with van der Waals surface area (Å²) < 4.78 is 16.2. The van der Waals surface area contributed by atoms with Crippen molar-refractivity contribution in [2.45, 2.75) is 0 Å². The van der Waals surface area contributed by atoms with Crippen molar-refractivity contribution in [1.29, 1.82) is 0 Å². The fraction of sp³-hybridized carbons (Fsp3) is 0.115. The lowest BCUT2D eigenvalue weighted by Crippen LogP contribution is -2.11. The smallest absolute Gasteiger partial charge is 0.255 e. The van der Waals surface area contributed by atoms with Gasteiger partial charge in [0.25, 0.3) is 5.91 Å². The molecule has 9 heteroatoms. The van der Waals surface area contributed by atoms with Gasteiger partial charge in [-0.25, -0.2) is 4.98 Å². The lowest BCUT2D eigenvalue weighted by atomic mass is 10.1. The van der Waals surface area contributed by atoms with Crippen molar-refractivity contribution in [1.82, 2.24) is 9.97 Å². The maximum Gasteiger partial charge on any atom is 0.255 e. The number of nitrogens with zero attached hydrogens (tertiary/aromatic N) is 2. The lowest BCUT2D eigenvalue weighted by Gasteiger charge is -2.15. The molecule has 4 aromatic rings. The second-order valence-electron chi connectivity index (χ2n) is 7.37. The van der Waals surface area contributed by atoms with E-state index in [4.69, 9.17) is 25.8 Å². The number of amides is 1. The van der Waals surface area contributed by atoms with Gasteiger partial charge in [0, 0.05) is 39.7 Å². The molecule has 35 heavy (non-hydrogen) atoms. The SMILES string of the molecule is COc1cc(Nc2cncc(-c3ccc(NC(=O)c4ccc(Cl)cc4)cc3)n2)cc(OC)c1OC. The Morgan fingerprint density at radius 2 is 1.49 bits per heavy atom. The van der Waals surface area contributed by atoms with Crippen LogP contribution < -0.4 is 24.8 Å². The molecule has 0 bridgehead atoms. The minimum atomic E-state index is -0.217. The van der Waals surface area contributed by atoms with E-state index in [0.717, 1.165) is 5.56 Å². The summed E-state index contributed by atoms with van der Waals surface area (Å²) in [5, 5.41) is 6.66. The number of ether oxygens (including phenoxy) is 3. The van der Waals surface area contributed by atoms with Crippen molar-refractivity contribution in [3.63, 3.8) is 0 Å². The van der Waals surface area contributed by atoms with Gasteiger partial charge in [-0.2, -0.15) is 0 Å². The van der Waals surface area contributed by atoms with E-state index in [1.807, 2.05) is 24.3 Å². The van der Waals surface area contributed by atoms with E-state index in [-0.39, 0.29) is 5.91 Å². The Hall–Kier alpha value is -4.30. The first-order valence-corrected chi connectivity index (χ1v) is 10.9. The number of rotatable bonds is 8. The molecule has 2 N–H and O–H groups in total. The third-order valence-electron chi connectivity index (χ3n) is 5.12. The Bertz CT molecular complexity index is 1300. The standard InChI is InChI=1S/C26H23ClN4O4/c1-33-22-12-20(13-23(34-2)25(22)35-3)29-24-15-28-14-21(31-24)16-6-10-19(11-7-16)30-26(32)17-4-8-18(27)9-5-17/h4-15H,1-3H3,(H,29,31)(H,30,32). The minimum Gasteiger partial charge on any atom is -0.493 e. The quantitative estimate of drug-likeness (QED) is 0.321. The highest BCUT2D eigenvalue weighted by molar-refractivity contribution is 6.30. The van der Waals surface area contributed by atoms with E-state index < -0.39 is 0 Å². The van der Waals surface area contributed by atoms with Gasteiger partial charge in [-0.1, -0.05) is 23.7 Å². The molecule has 0 atom stereocenters. The average Bonchev–Trinajstić information content (AvgIpc) is 2.89. The molecule has 0 saturated carbocycles. The molecule has 1 heterocycles. The van der Waals surface area contributed by atoms with Crippen molar-refractivity contribution >= 4 is 34.7 Å². The van der Waals surface area contributed by atoms with Crippen LogP contribution in [0.25, 0.3) is 11.3 Å². The van der Waals surface area contributed by atoms with Crippen LogP contribution >= 0.6 is 11.6 Å². The first-order valence-electron chi connectivity index (χ1n) is 10.6. The van der Waals surface area contributed by atoms with E-state index >= 15 is 0 Å². The zero-order valence-corrected chi connectivity index (χ0v) is 20.1. The molecule has 1 aromatic heterocycles. The van der Waals surface area contributed by atoms with Crippen LogP contribution in [0, 0.1) is 0 Å². The first kappa shape index (κ1) is 23.8. The van der Waals surface area contributed by atoms with Gasteiger partial charge in [-0.3, -0.25) is 9.78 Å². The number of methoxy groups -OCH3 is 3. The second kappa shape index (κ2) is 10.8. The number of hydrogen-bond donors (Lipinski definition) is 2. The topological polar surface area (TPSA) is 94.6 Å². The Labute approximate surface area is 207 Å². The predicted molar refractivity (Wildman–Crippen MR) is 136 cm³/mol. The van der Waals surface area contributed by atoms with E-state index in [1.54, 1.807) is 70.1 Å². The summed E-state index contributed by atoms with van der Waals surface area (Å²) in [5.41, 5.74) is 3.39. The average molecular weight is 491 g/mol. The molecule has 8 nitrogen and oxygen atoms in total. The summed E-state index contributed by atoms with van der Waals surface area (Å²) in [6.07, 6.45) is 3.29. The zero-order valence-electron chi connectivity index (χ0n) is 19.3. The normalized spacial score (nSPS) is 10.4. The highest BCUT2D eigenvalue weighted by Crippen LogP contribution is 2.40. The lowest BCUT2D eigenvalue weighted by molar-refractivity contribution is 0.102. The van der Waals surface area contributed by atoms with E-state index in [2.05, 4.69) is 20.6 Å². The minimum absolute atomic E-state index is 0.217. The number of aromatic nitrogens is 2. The summed E-state index contributed by atoms with van der Waals surface area (Å²) in [6, 6.07) is 17.6. The molecule has 3 aromatic carbocycles. The summed E-state index contributed by atoms with van der Waals surface area (Å²) in [4.78, 5) is 21.4. The number of anilines is 3. The van der Waals surface area contributed by atoms with Crippen LogP contribution in [0.3, 0.4) is 0 Å². The Balaban J connectivity index is 1.50. The number of nitrogens with one attached hydrogen (secondary N) is 2. The van der Waals surface area contributed by atoms with Crippen molar-refractivity contribution < 1.29 is 19.0 Å². The third-order valence-corrected chi connectivity index (χ3v) is 5.37. The number of halogens is 1. The van der Waals surface area contributed by atoms with Crippen LogP contribution in [0.2, 0.25) is 5.02 Å². The summed E-state index contributed by atoms with van der Waals surface area (Å²) in [6.45, 7) is 0. The Morgan fingerprint density at radius 1 is 0.829 bits per heavy atom. The summed E-state index contributed by atoms with van der Waals surface area (Å²) in [7, 11) is 4.67. The largest absolute Gasteiger partial charge is 0.493 e. The van der Waals surface area contributed by atoms with Crippen LogP contribution in [0.4, 0.5) is 17.2 Å². The molecule has 0 aliphatic rings. The zero-order chi connectivity index (χ0) is 24.8. The van der Waals surface area contributed by atoms with Crippen molar-refractivity contribution in [3.8, 4) is 28.5 Å². The maximum atomic E-state index is 12.4. The Morgan fingerprint density at radius 3 is 2.09 bits per heavy atom. The van der Waals surface area contributed by atoms with E-state index in [9.17, 15) is 4.79 Å². The van der Waals surface area contributed by atoms with Crippen LogP contribution in [-0.2, 0) is 0 Å². The molecule has 0 aliphatic carbocycles. The molecule has 0 aliphatic heterocycles. The van der Waals surface area contributed by atoms with Gasteiger partial charge < -0.3 is 24.8 Å². The van der Waals surface area contributed by atoms with Gasteiger partial charge in [0.15, 0.2) is 11.5 Å². The van der Waals surface area contributed by atoms with E-state index in [1.165, 1.54) is 0 Å². The van der Waals surface area contributed by atoms with Gasteiger partial charge in [0.1, 0.15) is 5.82 Å². The second-order valence-corrected chi connectivity index (χ2v) is 7.80. The van der Waals surface area contributed by atoms with Gasteiger partial charge in [-0.05, 0) is 36.4 Å². The van der Waals surface area contributed by atoms with Gasteiger partial charge in [-0.15, -0.1) is 0 Å². The molecule has 0 fully saturated rings. The van der Waals surface area contributed by atoms with E-state index in [0.29, 0.717) is 50.7 Å². The number of carbonyl (C=O) groups excluding carboxylic acids is 1. The monoisotopic (exact) mass is 490 g/mol. The van der Waals surface area contributed by atoms with Crippen LogP contribution in [0.1, 0.15) is 10.4 Å². The third kappa shape index (κ3) is 5.62. The van der Waals surface area contributed by atoms with Gasteiger partial charge >= 0.3 is 0 Å². The molecule has 1 amide bonds. The predicted octanol–water partition coefficient (Wildman–Crippen LogP) is 5.82. The summed E-state index contributed by atoms with van der Waals surface area (Å²) >= 11 is 5.88. The van der Waals surface area contributed by atoms with Gasteiger partial charge in [0.2, 0.25) is 5.75 Å². The summed E-state index contributed by atoms with van der Waals surface area (Å²) in [5.74, 6) is 1.87. The van der Waals surface area contributed by atoms with Gasteiger partial charge in [0.05, 0.1) is 39.4 Å². The number of carbonyl (C=O) groups is 1. The van der Waals surface area contributed by atoms with Crippen molar-refractivity contribution in [2.75, 3.05) is 32.0 Å². The molecule has 4 rings (SSSR count). The van der Waals surface area contributed by atoms with Crippen molar-refractivity contribution in [3.05, 3.63) is 83.6 Å². The van der Waals surface area contributed by atoms with Crippen LogP contribution in [-0.4, -0.2) is 37.2 Å².